The van der Waals surface area contributed by atoms with Gasteiger partial charge in [0.25, 0.3) is 0 Å². The summed E-state index contributed by atoms with van der Waals surface area (Å²) in [6, 6.07) is 9.12. The first kappa shape index (κ1) is 15.3. The molecule has 1 aromatic carbocycles. The summed E-state index contributed by atoms with van der Waals surface area (Å²) < 4.78 is 5.35. The molecular formula is C17H28N2O. The number of likely N-dealkylation sites (N-methyl/N-ethyl adjacent to an activating group) is 1. The van der Waals surface area contributed by atoms with Gasteiger partial charge in [0.05, 0.1) is 7.11 Å². The molecule has 0 aliphatic carbocycles. The van der Waals surface area contributed by atoms with Crippen LogP contribution in [0, 0.1) is 5.92 Å². The quantitative estimate of drug-likeness (QED) is 0.895. The van der Waals surface area contributed by atoms with Crippen LogP contribution in [-0.4, -0.2) is 44.7 Å². The smallest absolute Gasteiger partial charge is 0.119 e. The van der Waals surface area contributed by atoms with E-state index in [2.05, 4.69) is 49.3 Å². The first-order valence-corrected chi connectivity index (χ1v) is 7.64. The van der Waals surface area contributed by atoms with Crippen LogP contribution in [0.3, 0.4) is 0 Å². The lowest BCUT2D eigenvalue weighted by atomic mass is 9.88. The van der Waals surface area contributed by atoms with Crippen molar-refractivity contribution in [3.8, 4) is 5.75 Å². The van der Waals surface area contributed by atoms with E-state index in [1.54, 1.807) is 7.11 Å². The molecule has 2 atom stereocenters. The maximum Gasteiger partial charge on any atom is 0.119 e. The minimum absolute atomic E-state index is 0.590. The zero-order valence-electron chi connectivity index (χ0n) is 13.2. The minimum Gasteiger partial charge on any atom is -0.497 e. The molecule has 0 aromatic heterocycles. The molecule has 0 radical (unpaired) electrons. The maximum absolute atomic E-state index is 5.35. The molecular weight excluding hydrogens is 248 g/mol. The highest BCUT2D eigenvalue weighted by atomic mass is 16.5. The molecule has 112 valence electrons. The minimum atomic E-state index is 0.590. The van der Waals surface area contributed by atoms with Gasteiger partial charge in [-0.2, -0.15) is 0 Å². The Morgan fingerprint density at radius 3 is 2.85 bits per heavy atom. The molecule has 1 saturated heterocycles. The number of likely N-dealkylation sites (tertiary alicyclic amines) is 1. The number of methoxy groups -OCH3 is 1. The van der Waals surface area contributed by atoms with Gasteiger partial charge >= 0.3 is 0 Å². The molecule has 1 heterocycles. The second-order valence-electron chi connectivity index (χ2n) is 6.43. The van der Waals surface area contributed by atoms with Crippen molar-refractivity contribution in [1.82, 2.24) is 10.2 Å². The van der Waals surface area contributed by atoms with E-state index in [0.29, 0.717) is 17.9 Å². The van der Waals surface area contributed by atoms with Gasteiger partial charge in [-0.3, -0.25) is 0 Å². The lowest BCUT2D eigenvalue weighted by molar-refractivity contribution is 0.201. The summed E-state index contributed by atoms with van der Waals surface area (Å²) in [6.45, 7) is 7.90. The van der Waals surface area contributed by atoms with Crippen molar-refractivity contribution in [3.05, 3.63) is 29.8 Å². The highest BCUT2D eigenvalue weighted by Crippen LogP contribution is 2.28. The molecule has 0 amide bonds. The Morgan fingerprint density at radius 1 is 1.35 bits per heavy atom. The summed E-state index contributed by atoms with van der Waals surface area (Å²) in [5.41, 5.74) is 1.40. The second kappa shape index (κ2) is 7.09. The SMILES string of the molecule is COc1cccc(C2CC(NCC(C)C)CN(C)C2)c1. The van der Waals surface area contributed by atoms with Gasteiger partial charge in [0.2, 0.25) is 0 Å². The number of piperidine rings is 1. The highest BCUT2D eigenvalue weighted by Gasteiger charge is 2.26. The molecule has 0 bridgehead atoms. The summed E-state index contributed by atoms with van der Waals surface area (Å²) in [7, 11) is 3.95. The molecule has 2 rings (SSSR count). The van der Waals surface area contributed by atoms with E-state index in [4.69, 9.17) is 4.74 Å². The van der Waals surface area contributed by atoms with Gasteiger partial charge in [-0.15, -0.1) is 0 Å². The highest BCUT2D eigenvalue weighted by molar-refractivity contribution is 5.31. The molecule has 20 heavy (non-hydrogen) atoms. The average molecular weight is 276 g/mol. The van der Waals surface area contributed by atoms with Crippen LogP contribution in [0.15, 0.2) is 24.3 Å². The van der Waals surface area contributed by atoms with Crippen molar-refractivity contribution in [2.75, 3.05) is 33.8 Å². The van der Waals surface area contributed by atoms with Crippen LogP contribution in [-0.2, 0) is 0 Å². The number of hydrogen-bond acceptors (Lipinski definition) is 3. The van der Waals surface area contributed by atoms with Crippen molar-refractivity contribution in [3.63, 3.8) is 0 Å². The summed E-state index contributed by atoms with van der Waals surface area (Å²) in [5.74, 6) is 2.26. The van der Waals surface area contributed by atoms with E-state index in [-0.39, 0.29) is 0 Å². The van der Waals surface area contributed by atoms with Crippen molar-refractivity contribution in [2.24, 2.45) is 5.92 Å². The van der Waals surface area contributed by atoms with E-state index in [9.17, 15) is 0 Å². The fourth-order valence-corrected chi connectivity index (χ4v) is 3.01. The van der Waals surface area contributed by atoms with Crippen LogP contribution >= 0.6 is 0 Å². The zero-order valence-corrected chi connectivity index (χ0v) is 13.2. The fraction of sp³-hybridized carbons (Fsp3) is 0.647. The van der Waals surface area contributed by atoms with Crippen LogP contribution in [0.1, 0.15) is 31.7 Å². The Bertz CT molecular complexity index is 419. The molecule has 2 unspecified atom stereocenters. The molecule has 1 fully saturated rings. The van der Waals surface area contributed by atoms with Gasteiger partial charge in [0.1, 0.15) is 5.75 Å². The Morgan fingerprint density at radius 2 is 2.15 bits per heavy atom. The van der Waals surface area contributed by atoms with Gasteiger partial charge in [-0.25, -0.2) is 0 Å². The summed E-state index contributed by atoms with van der Waals surface area (Å²) >= 11 is 0. The van der Waals surface area contributed by atoms with Crippen LogP contribution < -0.4 is 10.1 Å². The van der Waals surface area contributed by atoms with E-state index in [0.717, 1.165) is 25.4 Å². The topological polar surface area (TPSA) is 24.5 Å². The molecule has 0 saturated carbocycles. The maximum atomic E-state index is 5.35. The number of benzene rings is 1. The molecule has 0 spiro atoms. The van der Waals surface area contributed by atoms with Gasteiger partial charge in [0, 0.05) is 19.1 Å². The second-order valence-corrected chi connectivity index (χ2v) is 6.43. The van der Waals surface area contributed by atoms with Crippen molar-refractivity contribution in [1.29, 1.82) is 0 Å². The number of nitrogens with one attached hydrogen (secondary N) is 1. The van der Waals surface area contributed by atoms with E-state index in [1.807, 2.05) is 6.07 Å². The Labute approximate surface area is 123 Å². The first-order valence-electron chi connectivity index (χ1n) is 7.64. The summed E-state index contributed by atoms with van der Waals surface area (Å²) in [6.07, 6.45) is 1.21. The Hall–Kier alpha value is -1.06. The number of ether oxygens (including phenoxy) is 1. The third-order valence-corrected chi connectivity index (χ3v) is 4.01. The number of hydrogen-bond donors (Lipinski definition) is 1. The zero-order chi connectivity index (χ0) is 14.5. The van der Waals surface area contributed by atoms with Gasteiger partial charge in [-0.1, -0.05) is 26.0 Å². The van der Waals surface area contributed by atoms with Gasteiger partial charge < -0.3 is 15.0 Å². The molecule has 3 heteroatoms. The van der Waals surface area contributed by atoms with Crippen LogP contribution in [0.25, 0.3) is 0 Å². The van der Waals surface area contributed by atoms with E-state index < -0.39 is 0 Å². The van der Waals surface area contributed by atoms with Crippen molar-refractivity contribution < 1.29 is 4.74 Å². The van der Waals surface area contributed by atoms with Gasteiger partial charge in [-0.05, 0) is 49.5 Å². The third-order valence-electron chi connectivity index (χ3n) is 4.01. The third kappa shape index (κ3) is 4.22. The summed E-state index contributed by atoms with van der Waals surface area (Å²) in [5, 5.41) is 3.71. The number of rotatable bonds is 5. The monoisotopic (exact) mass is 276 g/mol. The predicted molar refractivity (Wildman–Crippen MR) is 84.5 cm³/mol. The van der Waals surface area contributed by atoms with E-state index >= 15 is 0 Å². The molecule has 3 nitrogen and oxygen atoms in total. The van der Waals surface area contributed by atoms with Crippen LogP contribution in [0.5, 0.6) is 5.75 Å². The van der Waals surface area contributed by atoms with Crippen molar-refractivity contribution >= 4 is 0 Å². The van der Waals surface area contributed by atoms with Gasteiger partial charge in [0.15, 0.2) is 0 Å². The molecule has 1 N–H and O–H groups in total. The summed E-state index contributed by atoms with van der Waals surface area (Å²) in [4.78, 5) is 2.44. The van der Waals surface area contributed by atoms with Crippen molar-refractivity contribution in [2.45, 2.75) is 32.2 Å². The lowest BCUT2D eigenvalue weighted by Crippen LogP contribution is -2.47. The first-order chi connectivity index (χ1) is 9.58. The van der Waals surface area contributed by atoms with Crippen LogP contribution in [0.2, 0.25) is 0 Å². The fourth-order valence-electron chi connectivity index (χ4n) is 3.01. The largest absolute Gasteiger partial charge is 0.497 e. The Balaban J connectivity index is 2.03. The standard InChI is InChI=1S/C17H28N2O/c1-13(2)10-18-16-8-15(11-19(3)12-16)14-6-5-7-17(9-14)20-4/h5-7,9,13,15-16,18H,8,10-12H2,1-4H3. The molecule has 1 aliphatic rings. The number of nitrogens with zero attached hydrogens (tertiary/aromatic N) is 1. The predicted octanol–water partition coefficient (Wildman–Crippen LogP) is 2.73. The Kier molecular flexibility index (Phi) is 5.44. The molecule has 1 aliphatic heterocycles. The lowest BCUT2D eigenvalue weighted by Gasteiger charge is -2.36. The average Bonchev–Trinajstić information content (AvgIpc) is 2.44. The molecule has 1 aromatic rings. The normalized spacial score (nSPS) is 24.1. The van der Waals surface area contributed by atoms with Crippen LogP contribution in [0.4, 0.5) is 0 Å². The van der Waals surface area contributed by atoms with E-state index in [1.165, 1.54) is 12.0 Å².